The fourth-order valence-corrected chi connectivity index (χ4v) is 4.40. The molecule has 17 heavy (non-hydrogen) atoms. The van der Waals surface area contributed by atoms with Gasteiger partial charge in [-0.15, -0.1) is 0 Å². The molecular weight excluding hydrogens is 212 g/mol. The van der Waals surface area contributed by atoms with Crippen LogP contribution in [-0.4, -0.2) is 24.7 Å². The van der Waals surface area contributed by atoms with Gasteiger partial charge in [0.2, 0.25) is 0 Å². The van der Waals surface area contributed by atoms with E-state index >= 15 is 0 Å². The summed E-state index contributed by atoms with van der Waals surface area (Å²) in [7, 11) is 0. The standard InChI is InChI=1S/C14H12N2O/c1-7-8-2-10-11(3-9(8)12(17)16-7)14-4-13(10,14)5-15-6-14/h2-3,15H,4-6H2,1H3. The summed E-state index contributed by atoms with van der Waals surface area (Å²) in [6, 6.07) is 4.35. The highest BCUT2D eigenvalue weighted by molar-refractivity contribution is 6.21. The third-order valence-corrected chi connectivity index (χ3v) is 5.33. The Bertz CT molecular complexity index is 660. The number of nitrogens with one attached hydrogen (secondary N) is 1. The van der Waals surface area contributed by atoms with Crippen molar-refractivity contribution >= 4 is 11.6 Å². The van der Waals surface area contributed by atoms with E-state index < -0.39 is 0 Å². The topological polar surface area (TPSA) is 41.5 Å². The largest absolute Gasteiger partial charge is 0.315 e. The van der Waals surface area contributed by atoms with Crippen molar-refractivity contribution in [2.75, 3.05) is 13.1 Å². The van der Waals surface area contributed by atoms with Crippen LogP contribution in [-0.2, 0) is 10.8 Å². The highest BCUT2D eigenvalue weighted by atomic mass is 16.1. The van der Waals surface area contributed by atoms with Gasteiger partial charge in [-0.2, -0.15) is 0 Å². The monoisotopic (exact) mass is 224 g/mol. The summed E-state index contributed by atoms with van der Waals surface area (Å²) in [5, 5.41) is 3.49. The summed E-state index contributed by atoms with van der Waals surface area (Å²) in [6.07, 6.45) is 1.29. The van der Waals surface area contributed by atoms with E-state index in [0.717, 1.165) is 29.9 Å². The van der Waals surface area contributed by atoms with Crippen LogP contribution in [0.3, 0.4) is 0 Å². The van der Waals surface area contributed by atoms with Crippen molar-refractivity contribution in [2.45, 2.75) is 24.2 Å². The molecule has 3 nitrogen and oxygen atoms in total. The molecule has 5 rings (SSSR count). The Labute approximate surface area is 98.9 Å². The van der Waals surface area contributed by atoms with Crippen LogP contribution in [0.1, 0.15) is 40.4 Å². The Hall–Kier alpha value is -1.48. The Kier molecular flexibility index (Phi) is 1.06. The SMILES string of the molecule is CC1=NC(=O)c2cc3c(cc21)C12CNCC31C2. The Morgan fingerprint density at radius 3 is 2.53 bits per heavy atom. The minimum atomic E-state index is -0.0548. The molecule has 1 amide bonds. The molecule has 2 heterocycles. The lowest BCUT2D eigenvalue weighted by Crippen LogP contribution is -2.33. The molecule has 1 aromatic carbocycles. The zero-order valence-electron chi connectivity index (χ0n) is 9.63. The maximum Gasteiger partial charge on any atom is 0.277 e. The number of aliphatic imine (C=N–C) groups is 1. The average Bonchev–Trinajstić information content (AvgIpc) is 2.60. The van der Waals surface area contributed by atoms with E-state index in [1.54, 1.807) is 0 Å². The van der Waals surface area contributed by atoms with Gasteiger partial charge in [0.25, 0.3) is 5.91 Å². The smallest absolute Gasteiger partial charge is 0.277 e. The van der Waals surface area contributed by atoms with Gasteiger partial charge < -0.3 is 5.32 Å². The summed E-state index contributed by atoms with van der Waals surface area (Å²) < 4.78 is 0. The molecule has 2 unspecified atom stereocenters. The van der Waals surface area contributed by atoms with Crippen molar-refractivity contribution in [3.8, 4) is 0 Å². The highest BCUT2D eigenvalue weighted by Gasteiger charge is 2.79. The molecule has 2 aliphatic carbocycles. The normalized spacial score (nSPS) is 38.9. The van der Waals surface area contributed by atoms with Gasteiger partial charge in [-0.25, -0.2) is 4.99 Å². The molecule has 0 spiro atoms. The van der Waals surface area contributed by atoms with E-state index in [4.69, 9.17) is 0 Å². The maximum absolute atomic E-state index is 11.8. The molecule has 1 saturated carbocycles. The Morgan fingerprint density at radius 2 is 1.82 bits per heavy atom. The molecule has 0 aromatic heterocycles. The first kappa shape index (κ1) is 8.59. The van der Waals surface area contributed by atoms with E-state index in [1.807, 2.05) is 6.92 Å². The summed E-state index contributed by atoms with van der Waals surface area (Å²) in [5.74, 6) is -0.0548. The fraction of sp³-hybridized carbons (Fsp3) is 0.429. The predicted octanol–water partition coefficient (Wildman–Crippen LogP) is 1.15. The van der Waals surface area contributed by atoms with Crippen molar-refractivity contribution in [2.24, 2.45) is 4.99 Å². The molecule has 2 aliphatic heterocycles. The van der Waals surface area contributed by atoms with Crippen LogP contribution in [0, 0.1) is 0 Å². The molecule has 4 aliphatic rings. The number of hydrogen-bond donors (Lipinski definition) is 1. The summed E-state index contributed by atoms with van der Waals surface area (Å²) >= 11 is 0. The molecule has 2 atom stereocenters. The van der Waals surface area contributed by atoms with Crippen LogP contribution < -0.4 is 5.32 Å². The van der Waals surface area contributed by atoms with Crippen LogP contribution in [0.15, 0.2) is 17.1 Å². The summed E-state index contributed by atoms with van der Waals surface area (Å²) in [6.45, 7) is 4.13. The first-order chi connectivity index (χ1) is 8.18. The number of carbonyl (C=O) groups is 1. The second kappa shape index (κ2) is 2.10. The number of nitrogens with zero attached hydrogens (tertiary/aromatic N) is 1. The van der Waals surface area contributed by atoms with Gasteiger partial charge in [-0.05, 0) is 36.6 Å². The van der Waals surface area contributed by atoms with Gasteiger partial charge in [0.15, 0.2) is 0 Å². The van der Waals surface area contributed by atoms with E-state index in [9.17, 15) is 4.79 Å². The fourth-order valence-electron chi connectivity index (χ4n) is 4.40. The minimum absolute atomic E-state index is 0.0548. The van der Waals surface area contributed by atoms with Crippen LogP contribution in [0.5, 0.6) is 0 Å². The van der Waals surface area contributed by atoms with Crippen LogP contribution >= 0.6 is 0 Å². The lowest BCUT2D eigenvalue weighted by atomic mass is 9.68. The Morgan fingerprint density at radius 1 is 1.18 bits per heavy atom. The highest BCUT2D eigenvalue weighted by Crippen LogP contribution is 2.76. The van der Waals surface area contributed by atoms with Gasteiger partial charge in [0.05, 0.1) is 5.56 Å². The van der Waals surface area contributed by atoms with Crippen LogP contribution in [0.2, 0.25) is 0 Å². The van der Waals surface area contributed by atoms with E-state index in [2.05, 4.69) is 22.4 Å². The second-order valence-electron chi connectivity index (χ2n) is 5.89. The van der Waals surface area contributed by atoms with Crippen molar-refractivity contribution < 1.29 is 4.79 Å². The number of piperidine rings is 1. The minimum Gasteiger partial charge on any atom is -0.315 e. The molecule has 3 heteroatoms. The number of fused-ring (bicyclic) bond motifs is 2. The van der Waals surface area contributed by atoms with Crippen LogP contribution in [0.4, 0.5) is 0 Å². The molecule has 1 N–H and O–H groups in total. The molecule has 0 bridgehead atoms. The quantitative estimate of drug-likeness (QED) is 0.718. The number of carbonyl (C=O) groups excluding carboxylic acids is 1. The van der Waals surface area contributed by atoms with Crippen molar-refractivity contribution in [1.29, 1.82) is 0 Å². The molecular formula is C14H12N2O. The van der Waals surface area contributed by atoms with Gasteiger partial charge in [-0.1, -0.05) is 0 Å². The number of hydrogen-bond acceptors (Lipinski definition) is 2. The number of rotatable bonds is 0. The zero-order chi connectivity index (χ0) is 11.4. The van der Waals surface area contributed by atoms with E-state index in [0.29, 0.717) is 10.8 Å². The number of amides is 1. The second-order valence-corrected chi connectivity index (χ2v) is 5.89. The predicted molar refractivity (Wildman–Crippen MR) is 63.8 cm³/mol. The van der Waals surface area contributed by atoms with Crippen molar-refractivity contribution in [3.63, 3.8) is 0 Å². The van der Waals surface area contributed by atoms with Crippen LogP contribution in [0.25, 0.3) is 0 Å². The first-order valence-electron chi connectivity index (χ1n) is 6.18. The zero-order valence-corrected chi connectivity index (χ0v) is 9.63. The van der Waals surface area contributed by atoms with Gasteiger partial charge >= 0.3 is 0 Å². The van der Waals surface area contributed by atoms with Crippen molar-refractivity contribution in [1.82, 2.24) is 5.32 Å². The van der Waals surface area contributed by atoms with E-state index in [1.165, 1.54) is 17.5 Å². The summed E-state index contributed by atoms with van der Waals surface area (Å²) in [4.78, 5) is 15.8. The molecule has 1 saturated heterocycles. The molecule has 1 aromatic rings. The lowest BCUT2D eigenvalue weighted by molar-refractivity contribution is 0.101. The van der Waals surface area contributed by atoms with Crippen molar-refractivity contribution in [3.05, 3.63) is 34.4 Å². The molecule has 0 radical (unpaired) electrons. The third-order valence-electron chi connectivity index (χ3n) is 5.33. The maximum atomic E-state index is 11.8. The van der Waals surface area contributed by atoms with Gasteiger partial charge in [-0.3, -0.25) is 4.79 Å². The van der Waals surface area contributed by atoms with Gasteiger partial charge in [0, 0.05) is 35.2 Å². The molecule has 2 fully saturated rings. The first-order valence-corrected chi connectivity index (χ1v) is 6.18. The van der Waals surface area contributed by atoms with Gasteiger partial charge in [0.1, 0.15) is 0 Å². The molecule has 84 valence electrons. The van der Waals surface area contributed by atoms with E-state index in [-0.39, 0.29) is 5.91 Å². The third kappa shape index (κ3) is 0.642. The summed E-state index contributed by atoms with van der Waals surface area (Å²) in [5.41, 5.74) is 6.47. The lowest BCUT2D eigenvalue weighted by Gasteiger charge is -2.33. The number of benzene rings is 1. The Balaban J connectivity index is 1.81. The average molecular weight is 224 g/mol.